The van der Waals surface area contributed by atoms with E-state index in [4.69, 9.17) is 10.8 Å². The van der Waals surface area contributed by atoms with Gasteiger partial charge in [0.05, 0.1) is 17.9 Å². The number of thioether (sulfide) groups is 1. The van der Waals surface area contributed by atoms with Crippen LogP contribution in [0.5, 0.6) is 0 Å². The zero-order chi connectivity index (χ0) is 19.4. The van der Waals surface area contributed by atoms with E-state index < -0.39 is 11.9 Å². The maximum Gasteiger partial charge on any atom is 0.317 e. The van der Waals surface area contributed by atoms with Gasteiger partial charge in [-0.25, -0.2) is 0 Å². The molecule has 0 radical (unpaired) electrons. The van der Waals surface area contributed by atoms with Crippen molar-refractivity contribution in [2.24, 2.45) is 11.7 Å². The van der Waals surface area contributed by atoms with E-state index in [2.05, 4.69) is 5.32 Å². The van der Waals surface area contributed by atoms with Crippen LogP contribution >= 0.6 is 11.8 Å². The SMILES string of the molecule is NC(=O)CSc1ccccc1C(=O)NC1CC(N(CC(=O)O)CC2CC2)C1. The second-order valence-corrected chi connectivity index (χ2v) is 8.33. The standard InChI is InChI=1S/C19H25N3O4S/c20-17(23)11-27-16-4-2-1-3-15(16)19(26)21-13-7-14(8-13)22(10-18(24)25)9-12-5-6-12/h1-4,12-14H,5-11H2,(H2,20,23)(H,21,26)(H,24,25). The van der Waals surface area contributed by atoms with Crippen molar-refractivity contribution in [3.05, 3.63) is 29.8 Å². The van der Waals surface area contributed by atoms with E-state index in [0.29, 0.717) is 11.5 Å². The van der Waals surface area contributed by atoms with Crippen LogP contribution in [0.4, 0.5) is 0 Å². The molecule has 7 nitrogen and oxygen atoms in total. The highest BCUT2D eigenvalue weighted by Crippen LogP contribution is 2.34. The van der Waals surface area contributed by atoms with E-state index >= 15 is 0 Å². The third-order valence-electron chi connectivity index (χ3n) is 4.99. The molecule has 0 heterocycles. The molecule has 2 amide bonds. The minimum atomic E-state index is -0.802. The molecule has 0 spiro atoms. The van der Waals surface area contributed by atoms with E-state index in [1.54, 1.807) is 18.2 Å². The number of carbonyl (C=O) groups excluding carboxylic acids is 2. The smallest absolute Gasteiger partial charge is 0.317 e. The Morgan fingerprint density at radius 1 is 1.22 bits per heavy atom. The minimum absolute atomic E-state index is 0.0483. The summed E-state index contributed by atoms with van der Waals surface area (Å²) in [4.78, 5) is 37.5. The Kier molecular flexibility index (Phi) is 6.38. The van der Waals surface area contributed by atoms with Crippen LogP contribution in [0.3, 0.4) is 0 Å². The molecule has 0 aliphatic heterocycles. The van der Waals surface area contributed by atoms with Gasteiger partial charge in [0.2, 0.25) is 5.91 Å². The fourth-order valence-corrected chi connectivity index (χ4v) is 4.13. The van der Waals surface area contributed by atoms with E-state index in [-0.39, 0.29) is 30.3 Å². The molecule has 2 aliphatic carbocycles. The number of amides is 2. The lowest BCUT2D eigenvalue weighted by molar-refractivity contribution is -0.139. The Morgan fingerprint density at radius 2 is 1.93 bits per heavy atom. The van der Waals surface area contributed by atoms with Gasteiger partial charge in [-0.05, 0) is 43.7 Å². The lowest BCUT2D eigenvalue weighted by Gasteiger charge is -2.42. The Morgan fingerprint density at radius 3 is 2.56 bits per heavy atom. The summed E-state index contributed by atoms with van der Waals surface area (Å²) in [5.41, 5.74) is 5.72. The van der Waals surface area contributed by atoms with Crippen molar-refractivity contribution in [3.63, 3.8) is 0 Å². The van der Waals surface area contributed by atoms with Crippen molar-refractivity contribution in [2.45, 2.75) is 42.7 Å². The van der Waals surface area contributed by atoms with Crippen LogP contribution in [-0.2, 0) is 9.59 Å². The summed E-state index contributed by atoms with van der Waals surface area (Å²) in [6.07, 6.45) is 3.90. The van der Waals surface area contributed by atoms with Gasteiger partial charge in [-0.1, -0.05) is 12.1 Å². The normalized spacial score (nSPS) is 21.5. The number of carboxylic acid groups (broad SMARTS) is 1. The number of aliphatic carboxylic acids is 1. The van der Waals surface area contributed by atoms with Crippen molar-refractivity contribution in [1.29, 1.82) is 0 Å². The van der Waals surface area contributed by atoms with Crippen molar-refractivity contribution < 1.29 is 19.5 Å². The second kappa shape index (κ2) is 8.75. The van der Waals surface area contributed by atoms with Crippen molar-refractivity contribution in [3.8, 4) is 0 Å². The van der Waals surface area contributed by atoms with Crippen molar-refractivity contribution in [2.75, 3.05) is 18.8 Å². The monoisotopic (exact) mass is 391 g/mol. The summed E-state index contributed by atoms with van der Waals surface area (Å²) in [6, 6.07) is 7.41. The van der Waals surface area contributed by atoms with Crippen molar-refractivity contribution >= 4 is 29.5 Å². The molecule has 3 rings (SSSR count). The molecular formula is C19H25N3O4S. The van der Waals surface area contributed by atoms with Crippen LogP contribution in [-0.4, -0.2) is 58.7 Å². The Bertz CT molecular complexity index is 717. The van der Waals surface area contributed by atoms with Crippen LogP contribution in [0.25, 0.3) is 0 Å². The molecule has 2 fully saturated rings. The van der Waals surface area contributed by atoms with Crippen molar-refractivity contribution in [1.82, 2.24) is 10.2 Å². The first-order chi connectivity index (χ1) is 12.9. The Hall–Kier alpha value is -2.06. The number of nitrogens with zero attached hydrogens (tertiary/aromatic N) is 1. The van der Waals surface area contributed by atoms with E-state index in [1.807, 2.05) is 11.0 Å². The van der Waals surface area contributed by atoms with Gasteiger partial charge in [0, 0.05) is 23.5 Å². The summed E-state index contributed by atoms with van der Waals surface area (Å²) >= 11 is 1.25. The number of hydrogen-bond acceptors (Lipinski definition) is 5. The molecular weight excluding hydrogens is 366 g/mol. The molecule has 2 saturated carbocycles. The molecule has 1 aromatic carbocycles. The zero-order valence-corrected chi connectivity index (χ0v) is 15.9. The maximum absolute atomic E-state index is 12.6. The molecule has 0 saturated heterocycles. The van der Waals surface area contributed by atoms with E-state index in [9.17, 15) is 14.4 Å². The number of benzene rings is 1. The average molecular weight is 391 g/mol. The first kappa shape index (κ1) is 19.7. The summed E-state index contributed by atoms with van der Waals surface area (Å²) in [7, 11) is 0. The fraction of sp³-hybridized carbons (Fsp3) is 0.526. The lowest BCUT2D eigenvalue weighted by Crippen LogP contribution is -2.55. The molecule has 0 bridgehead atoms. The van der Waals surface area contributed by atoms with Crippen LogP contribution in [0.2, 0.25) is 0 Å². The highest BCUT2D eigenvalue weighted by Gasteiger charge is 2.37. The molecule has 2 aliphatic rings. The van der Waals surface area contributed by atoms with Gasteiger partial charge >= 0.3 is 5.97 Å². The number of hydrogen-bond donors (Lipinski definition) is 3. The molecule has 0 atom stereocenters. The first-order valence-corrected chi connectivity index (χ1v) is 10.2. The molecule has 8 heteroatoms. The summed E-state index contributed by atoms with van der Waals surface area (Å²) in [5.74, 6) is -0.638. The Labute approximate surface area is 162 Å². The number of rotatable bonds is 10. The summed E-state index contributed by atoms with van der Waals surface area (Å²) in [6.45, 7) is 0.901. The number of nitrogens with two attached hydrogens (primary N) is 1. The van der Waals surface area contributed by atoms with Gasteiger partial charge in [-0.15, -0.1) is 11.8 Å². The number of carboxylic acids is 1. The van der Waals surface area contributed by atoms with Gasteiger partial charge in [-0.3, -0.25) is 19.3 Å². The predicted octanol–water partition coefficient (Wildman–Crippen LogP) is 1.32. The van der Waals surface area contributed by atoms with E-state index in [1.165, 1.54) is 24.6 Å². The fourth-order valence-electron chi connectivity index (χ4n) is 3.34. The first-order valence-electron chi connectivity index (χ1n) is 9.19. The predicted molar refractivity (Wildman–Crippen MR) is 103 cm³/mol. The molecule has 1 aromatic rings. The number of carbonyl (C=O) groups is 3. The molecule has 27 heavy (non-hydrogen) atoms. The summed E-state index contributed by atoms with van der Waals surface area (Å²) in [5, 5.41) is 12.1. The molecule has 0 aromatic heterocycles. The van der Waals surface area contributed by atoms with Gasteiger partial charge in [0.25, 0.3) is 5.91 Å². The highest BCUT2D eigenvalue weighted by atomic mass is 32.2. The van der Waals surface area contributed by atoms with Crippen LogP contribution in [0, 0.1) is 5.92 Å². The number of nitrogens with one attached hydrogen (secondary N) is 1. The topological polar surface area (TPSA) is 113 Å². The summed E-state index contributed by atoms with van der Waals surface area (Å²) < 4.78 is 0. The van der Waals surface area contributed by atoms with E-state index in [0.717, 1.165) is 24.3 Å². The van der Waals surface area contributed by atoms with Crippen LogP contribution < -0.4 is 11.1 Å². The third-order valence-corrected chi connectivity index (χ3v) is 6.09. The Balaban J connectivity index is 1.52. The van der Waals surface area contributed by atoms with Gasteiger partial charge in [0.15, 0.2) is 0 Å². The molecule has 0 unspecified atom stereocenters. The molecule has 146 valence electrons. The van der Waals surface area contributed by atoms with Crippen LogP contribution in [0.1, 0.15) is 36.0 Å². The molecule has 4 N–H and O–H groups in total. The zero-order valence-electron chi connectivity index (χ0n) is 15.1. The number of primary amides is 1. The quantitative estimate of drug-likeness (QED) is 0.519. The third kappa shape index (κ3) is 5.71. The highest BCUT2D eigenvalue weighted by molar-refractivity contribution is 8.00. The lowest BCUT2D eigenvalue weighted by atomic mass is 9.85. The van der Waals surface area contributed by atoms with Gasteiger partial charge in [-0.2, -0.15) is 0 Å². The minimum Gasteiger partial charge on any atom is -0.480 e. The van der Waals surface area contributed by atoms with Crippen LogP contribution in [0.15, 0.2) is 29.2 Å². The average Bonchev–Trinajstić information content (AvgIpc) is 3.39. The largest absolute Gasteiger partial charge is 0.480 e. The maximum atomic E-state index is 12.6. The second-order valence-electron chi connectivity index (χ2n) is 7.31. The van der Waals surface area contributed by atoms with Gasteiger partial charge < -0.3 is 16.2 Å². The van der Waals surface area contributed by atoms with Gasteiger partial charge in [0.1, 0.15) is 0 Å².